The number of halogens is 3. The van der Waals surface area contributed by atoms with Gasteiger partial charge >= 0.3 is 0 Å². The molecule has 0 aliphatic carbocycles. The second-order valence-corrected chi connectivity index (χ2v) is 3.79. The van der Waals surface area contributed by atoms with Crippen LogP contribution in [0.4, 0.5) is 11.7 Å². The van der Waals surface area contributed by atoms with Crippen LogP contribution in [0.5, 0.6) is 0 Å². The van der Waals surface area contributed by atoms with Crippen molar-refractivity contribution in [2.45, 2.75) is 39.2 Å². The summed E-state index contributed by atoms with van der Waals surface area (Å²) in [6.45, 7) is 5.09. The van der Waals surface area contributed by atoms with E-state index in [0.29, 0.717) is 12.8 Å². The Morgan fingerprint density at radius 3 is 1.64 bits per heavy atom. The van der Waals surface area contributed by atoms with E-state index in [0.717, 1.165) is 0 Å². The molecule has 70 valence electrons. The first-order valence-corrected chi connectivity index (χ1v) is 4.87. The van der Waals surface area contributed by atoms with Crippen LogP contribution in [0.1, 0.15) is 33.6 Å². The lowest BCUT2D eigenvalue weighted by Gasteiger charge is -2.30. The highest BCUT2D eigenvalue weighted by molar-refractivity contribution is 8.19. The van der Waals surface area contributed by atoms with Gasteiger partial charge in [-0.25, -0.2) is 4.72 Å². The summed E-state index contributed by atoms with van der Waals surface area (Å²) < 4.78 is 37.4. The van der Waals surface area contributed by atoms with Crippen LogP contribution < -0.4 is 4.72 Å². The molecule has 0 fully saturated rings. The third kappa shape index (κ3) is 4.53. The fraction of sp³-hybridized carbons (Fsp3) is 1.00. The maximum Gasteiger partial charge on any atom is 0.276 e. The Morgan fingerprint density at radius 1 is 1.18 bits per heavy atom. The zero-order valence-electron chi connectivity index (χ0n) is 6.96. The van der Waals surface area contributed by atoms with Crippen molar-refractivity contribution < 1.29 is 11.7 Å². The summed E-state index contributed by atoms with van der Waals surface area (Å²) in [6.07, 6.45) is 0.992. The van der Waals surface area contributed by atoms with E-state index in [2.05, 4.69) is 0 Å². The molecule has 0 saturated carbocycles. The standard InChI is InChI=1S/C6H14F3NS/c1-4-6(3,5-2)10-11(7,8)9/h10H,4-5H2,1-3H3. The normalized spacial score (nSPS) is 15.1. The fourth-order valence-corrected chi connectivity index (χ4v) is 1.52. The predicted molar refractivity (Wildman–Crippen MR) is 43.0 cm³/mol. The minimum atomic E-state index is -5.06. The monoisotopic (exact) mass is 189 g/mol. The summed E-state index contributed by atoms with van der Waals surface area (Å²) in [5, 5.41) is 0. The summed E-state index contributed by atoms with van der Waals surface area (Å²) in [5.74, 6) is 0. The molecule has 0 unspecified atom stereocenters. The Hall–Kier alpha value is 0.100. The largest absolute Gasteiger partial charge is 0.276 e. The van der Waals surface area contributed by atoms with Gasteiger partial charge in [0.2, 0.25) is 0 Å². The smallest absolute Gasteiger partial charge is 0.200 e. The van der Waals surface area contributed by atoms with E-state index in [1.165, 1.54) is 0 Å². The van der Waals surface area contributed by atoms with Gasteiger partial charge in [-0.15, -0.1) is 11.7 Å². The lowest BCUT2D eigenvalue weighted by atomic mass is 9.98. The lowest BCUT2D eigenvalue weighted by molar-refractivity contribution is 0.378. The highest BCUT2D eigenvalue weighted by Crippen LogP contribution is 2.51. The van der Waals surface area contributed by atoms with E-state index in [1.54, 1.807) is 25.5 Å². The molecule has 0 saturated heterocycles. The summed E-state index contributed by atoms with van der Waals surface area (Å²) in [7, 11) is 0. The van der Waals surface area contributed by atoms with Crippen LogP contribution in [0.2, 0.25) is 0 Å². The maximum absolute atomic E-state index is 11.9. The van der Waals surface area contributed by atoms with Crippen molar-refractivity contribution in [3.63, 3.8) is 0 Å². The van der Waals surface area contributed by atoms with Gasteiger partial charge in [0, 0.05) is 5.54 Å². The van der Waals surface area contributed by atoms with Crippen molar-refractivity contribution in [2.24, 2.45) is 0 Å². The van der Waals surface area contributed by atoms with Gasteiger partial charge < -0.3 is 0 Å². The van der Waals surface area contributed by atoms with Gasteiger partial charge in [0.1, 0.15) is 0 Å². The molecule has 1 N–H and O–H groups in total. The van der Waals surface area contributed by atoms with E-state index in [-0.39, 0.29) is 0 Å². The van der Waals surface area contributed by atoms with Crippen LogP contribution in [-0.2, 0) is 0 Å². The van der Waals surface area contributed by atoms with Gasteiger partial charge in [0.05, 0.1) is 0 Å². The Kier molecular flexibility index (Phi) is 3.70. The Morgan fingerprint density at radius 2 is 1.55 bits per heavy atom. The van der Waals surface area contributed by atoms with Crippen molar-refractivity contribution in [3.05, 3.63) is 0 Å². The summed E-state index contributed by atoms with van der Waals surface area (Å²) in [4.78, 5) is 0. The minimum Gasteiger partial charge on any atom is -0.200 e. The van der Waals surface area contributed by atoms with Crippen molar-refractivity contribution >= 4 is 11.4 Å². The molecule has 0 aliphatic heterocycles. The molecule has 1 nitrogen and oxygen atoms in total. The molecule has 11 heavy (non-hydrogen) atoms. The van der Waals surface area contributed by atoms with Gasteiger partial charge in [-0.2, -0.15) is 0 Å². The van der Waals surface area contributed by atoms with Crippen LogP contribution in [0.25, 0.3) is 0 Å². The van der Waals surface area contributed by atoms with Gasteiger partial charge in [-0.3, -0.25) is 0 Å². The molecule has 0 aromatic heterocycles. The molecule has 5 heteroatoms. The second-order valence-electron chi connectivity index (χ2n) is 2.78. The van der Waals surface area contributed by atoms with Gasteiger partial charge in [-0.05, 0) is 19.8 Å². The van der Waals surface area contributed by atoms with E-state index < -0.39 is 16.9 Å². The molecule has 0 atom stereocenters. The molecule has 0 aromatic carbocycles. The van der Waals surface area contributed by atoms with Crippen molar-refractivity contribution in [1.82, 2.24) is 4.72 Å². The molecule has 0 amide bonds. The van der Waals surface area contributed by atoms with E-state index in [4.69, 9.17) is 0 Å². The number of nitrogens with one attached hydrogen (secondary N) is 1. The molecule has 0 heterocycles. The number of hydrogen-bond acceptors (Lipinski definition) is 1. The van der Waals surface area contributed by atoms with E-state index in [1.807, 2.05) is 0 Å². The highest BCUT2D eigenvalue weighted by atomic mass is 32.3. The van der Waals surface area contributed by atoms with Gasteiger partial charge in [-0.1, -0.05) is 13.8 Å². The second kappa shape index (κ2) is 3.67. The number of hydrogen-bond donors (Lipinski definition) is 1. The molecular weight excluding hydrogens is 175 g/mol. The molecule has 0 radical (unpaired) electrons. The third-order valence-electron chi connectivity index (χ3n) is 1.92. The third-order valence-corrected chi connectivity index (χ3v) is 2.65. The van der Waals surface area contributed by atoms with Crippen molar-refractivity contribution in [2.75, 3.05) is 0 Å². The first-order valence-electron chi connectivity index (χ1n) is 3.54. The molecule has 0 bridgehead atoms. The zero-order chi connectivity index (χ0) is 9.12. The predicted octanol–water partition coefficient (Wildman–Crippen LogP) is 3.53. The van der Waals surface area contributed by atoms with Crippen LogP contribution in [-0.4, -0.2) is 5.54 Å². The first-order chi connectivity index (χ1) is 4.83. The highest BCUT2D eigenvalue weighted by Gasteiger charge is 2.31. The van der Waals surface area contributed by atoms with Crippen LogP contribution in [0, 0.1) is 0 Å². The fourth-order valence-electron chi connectivity index (χ4n) is 0.674. The molecule has 0 spiro atoms. The quantitative estimate of drug-likeness (QED) is 0.713. The first kappa shape index (κ1) is 11.1. The number of rotatable bonds is 4. The van der Waals surface area contributed by atoms with E-state index in [9.17, 15) is 11.7 Å². The molecular formula is C6H14F3NS. The Labute approximate surface area is 67.7 Å². The van der Waals surface area contributed by atoms with Crippen molar-refractivity contribution in [1.29, 1.82) is 0 Å². The zero-order valence-corrected chi connectivity index (χ0v) is 7.77. The molecule has 0 rings (SSSR count). The maximum atomic E-state index is 11.9. The Bertz CT molecular complexity index is 119. The lowest BCUT2D eigenvalue weighted by Crippen LogP contribution is -2.39. The summed E-state index contributed by atoms with van der Waals surface area (Å²) >= 11 is -5.06. The minimum absolute atomic E-state index is 0.496. The van der Waals surface area contributed by atoms with Gasteiger partial charge in [0.15, 0.2) is 0 Å². The topological polar surface area (TPSA) is 12.0 Å². The summed E-state index contributed by atoms with van der Waals surface area (Å²) in [6, 6.07) is 0. The van der Waals surface area contributed by atoms with Crippen LogP contribution in [0.3, 0.4) is 0 Å². The SMILES string of the molecule is CCC(C)(CC)NS(F)(F)F. The average Bonchev–Trinajstić information content (AvgIpc) is 1.84. The van der Waals surface area contributed by atoms with Crippen LogP contribution >= 0.6 is 11.4 Å². The van der Waals surface area contributed by atoms with Crippen molar-refractivity contribution in [3.8, 4) is 0 Å². The van der Waals surface area contributed by atoms with E-state index >= 15 is 0 Å². The van der Waals surface area contributed by atoms with Crippen LogP contribution in [0.15, 0.2) is 0 Å². The Balaban J connectivity index is 4.08. The summed E-state index contributed by atoms with van der Waals surface area (Å²) in [5.41, 5.74) is -0.770. The molecule has 0 aromatic rings. The molecule has 0 aliphatic rings. The van der Waals surface area contributed by atoms with Gasteiger partial charge in [0.25, 0.3) is 11.4 Å². The average molecular weight is 189 g/mol.